The summed E-state index contributed by atoms with van der Waals surface area (Å²) >= 11 is 17.8. The third-order valence-electron chi connectivity index (χ3n) is 8.40. The van der Waals surface area contributed by atoms with Crippen molar-refractivity contribution >= 4 is 82.4 Å². The van der Waals surface area contributed by atoms with Crippen molar-refractivity contribution in [2.24, 2.45) is 0 Å². The summed E-state index contributed by atoms with van der Waals surface area (Å²) in [6, 6.07) is 13.4. The molecule has 0 spiro atoms. The number of nitrogens with one attached hydrogen (secondary N) is 2. The zero-order chi connectivity index (χ0) is 44.3. The molecule has 0 radical (unpaired) electrons. The highest BCUT2D eigenvalue weighted by Gasteiger charge is 2.58. The molecule has 2 fully saturated rings. The van der Waals surface area contributed by atoms with Crippen molar-refractivity contribution in [3.63, 3.8) is 0 Å². The molecule has 2 heterocycles. The lowest BCUT2D eigenvalue weighted by Gasteiger charge is -2.49. The minimum absolute atomic E-state index is 0.00395. The lowest BCUT2D eigenvalue weighted by atomic mass is 9.94. The zero-order valence-corrected chi connectivity index (χ0v) is 34.8. The van der Waals surface area contributed by atoms with Crippen molar-refractivity contribution in [2.75, 3.05) is 13.2 Å². The molecule has 2 aliphatic heterocycles. The van der Waals surface area contributed by atoms with Crippen LogP contribution < -0.4 is 5.32 Å². The highest BCUT2D eigenvalue weighted by Crippen LogP contribution is 2.37. The summed E-state index contributed by atoms with van der Waals surface area (Å²) in [5, 5.41) is 10.9. The normalized spacial score (nSPS) is 26.3. The fourth-order valence-electron chi connectivity index (χ4n) is 6.01. The summed E-state index contributed by atoms with van der Waals surface area (Å²) in [5.41, 5.74) is -0.0136. The number of esters is 6. The lowest BCUT2D eigenvalue weighted by Crippen LogP contribution is -2.69. The van der Waals surface area contributed by atoms with E-state index in [4.69, 9.17) is 87.6 Å². The van der Waals surface area contributed by atoms with Crippen LogP contribution in [0.5, 0.6) is 0 Å². The number of hydrogen-bond acceptors (Lipinski definition) is 18. The van der Waals surface area contributed by atoms with Crippen LogP contribution in [-0.2, 0) is 71.3 Å². The summed E-state index contributed by atoms with van der Waals surface area (Å²) in [6.45, 7) is 4.01. The summed E-state index contributed by atoms with van der Waals surface area (Å²) in [6.07, 6.45) is -15.6. The molecule has 60 heavy (non-hydrogen) atoms. The molecule has 2 aliphatic rings. The van der Waals surface area contributed by atoms with Gasteiger partial charge in [0.2, 0.25) is 24.2 Å². The van der Waals surface area contributed by atoms with E-state index in [0.29, 0.717) is 0 Å². The van der Waals surface area contributed by atoms with Crippen molar-refractivity contribution < 1.29 is 80.9 Å². The number of alkyl halides is 3. The quantitative estimate of drug-likeness (QED) is 0.0909. The van der Waals surface area contributed by atoms with Crippen LogP contribution in [-0.4, -0.2) is 126 Å². The van der Waals surface area contributed by atoms with E-state index < -0.39 is 126 Å². The topological polar surface area (TPSA) is 248 Å². The molecule has 2 aromatic carbocycles. The highest BCUT2D eigenvalue weighted by molar-refractivity contribution is 6.76. The van der Waals surface area contributed by atoms with E-state index in [1.54, 1.807) is 12.1 Å². The van der Waals surface area contributed by atoms with Gasteiger partial charge in [-0.2, -0.15) is 0 Å². The van der Waals surface area contributed by atoms with Gasteiger partial charge in [0.15, 0.2) is 24.6 Å². The van der Waals surface area contributed by atoms with Crippen LogP contribution in [0.3, 0.4) is 0 Å². The van der Waals surface area contributed by atoms with Gasteiger partial charge in [0.1, 0.15) is 37.6 Å². The molecule has 4 rings (SSSR count). The molecular weight excluding hydrogens is 863 g/mol. The van der Waals surface area contributed by atoms with Crippen LogP contribution in [0.15, 0.2) is 60.7 Å². The molecule has 10 atom stereocenters. The van der Waals surface area contributed by atoms with Crippen molar-refractivity contribution in [2.45, 2.75) is 99.8 Å². The van der Waals surface area contributed by atoms with Gasteiger partial charge < -0.3 is 52.7 Å². The largest absolute Gasteiger partial charge is 0.463 e. The predicted molar refractivity (Wildman–Crippen MR) is 205 cm³/mol. The summed E-state index contributed by atoms with van der Waals surface area (Å²) in [7, 11) is 0. The fraction of sp³-hybridized carbons (Fsp3) is 0.474. The van der Waals surface area contributed by atoms with Crippen molar-refractivity contribution in [3.05, 3.63) is 71.8 Å². The molecular formula is C38H41Cl3N2O17. The molecule has 0 saturated carbocycles. The van der Waals surface area contributed by atoms with Gasteiger partial charge >= 0.3 is 35.8 Å². The van der Waals surface area contributed by atoms with Crippen LogP contribution in [0, 0.1) is 5.41 Å². The fourth-order valence-corrected chi connectivity index (χ4v) is 6.14. The van der Waals surface area contributed by atoms with Crippen LogP contribution in [0.1, 0.15) is 55.3 Å². The van der Waals surface area contributed by atoms with E-state index in [1.165, 1.54) is 48.5 Å². The minimum Gasteiger partial charge on any atom is -0.463 e. The molecule has 0 unspecified atom stereocenters. The Morgan fingerprint density at radius 2 is 1.03 bits per heavy atom. The smallest absolute Gasteiger partial charge is 0.338 e. The van der Waals surface area contributed by atoms with Gasteiger partial charge in [-0.25, -0.2) is 9.59 Å². The second-order valence-corrected chi connectivity index (χ2v) is 15.4. The van der Waals surface area contributed by atoms with Gasteiger partial charge in [-0.3, -0.25) is 29.4 Å². The van der Waals surface area contributed by atoms with E-state index in [-0.39, 0.29) is 11.1 Å². The second kappa shape index (κ2) is 21.5. The molecule has 2 N–H and O–H groups in total. The van der Waals surface area contributed by atoms with Crippen molar-refractivity contribution in [3.8, 4) is 0 Å². The van der Waals surface area contributed by atoms with Gasteiger partial charge in [-0.15, -0.1) is 0 Å². The predicted octanol–water partition coefficient (Wildman–Crippen LogP) is 3.13. The van der Waals surface area contributed by atoms with Crippen LogP contribution in [0.25, 0.3) is 0 Å². The first-order chi connectivity index (χ1) is 28.2. The standard InChI is InChI=1S/C38H41Cl3N2O17/c1-18(44)43-27-30(54-22(5)48)28(53-21(4)47)25(16-51-19(2)45)55-35(27)59-29-26(17-52-20(3)46)56-36(60-37(42)38(39,40)41)32(58-34(50)24-14-10-7-11-15-24)31(29)57-33(49)23-12-8-6-9-13-23/h6-15,25-32,35-36,42H,16-17H2,1-5H3,(H,43,44)/t25-,26-,27-,28+,29-,30-,31+,32-,35+,36-/m1/s1. The van der Waals surface area contributed by atoms with E-state index in [1.807, 2.05) is 0 Å². The minimum atomic E-state index is -2.50. The molecule has 2 aromatic rings. The maximum atomic E-state index is 13.9. The summed E-state index contributed by atoms with van der Waals surface area (Å²) in [5.74, 6) is -7.21. The maximum Gasteiger partial charge on any atom is 0.338 e. The molecule has 1 amide bonds. The highest BCUT2D eigenvalue weighted by atomic mass is 35.6. The van der Waals surface area contributed by atoms with Gasteiger partial charge in [0, 0.05) is 34.6 Å². The Morgan fingerprint density at radius 3 is 1.48 bits per heavy atom. The Hall–Kier alpha value is -5.05. The van der Waals surface area contributed by atoms with E-state index in [0.717, 1.165) is 34.6 Å². The Morgan fingerprint density at radius 1 is 0.583 bits per heavy atom. The lowest BCUT2D eigenvalue weighted by molar-refractivity contribution is -0.338. The molecule has 19 nitrogen and oxygen atoms in total. The molecule has 2 saturated heterocycles. The van der Waals surface area contributed by atoms with Gasteiger partial charge in [-0.1, -0.05) is 71.2 Å². The average Bonchev–Trinajstić information content (AvgIpc) is 3.17. The third-order valence-corrected chi connectivity index (χ3v) is 8.92. The van der Waals surface area contributed by atoms with Crippen molar-refractivity contribution in [1.82, 2.24) is 5.32 Å². The first-order valence-corrected chi connectivity index (χ1v) is 19.1. The SMILES string of the molecule is CC(=O)N[C@H]1[C@H](O[C@H]2[C@H](OC(=O)c3ccccc3)[C@@H](OC(=O)c3ccccc3)[C@@H](OC(=N)C(Cl)(Cl)Cl)O[C@@H]2COC(C)=O)O[C@H](COC(C)=O)[C@H](OC(C)=O)[C@@H]1OC(C)=O. The second-order valence-electron chi connectivity index (χ2n) is 13.1. The van der Waals surface area contributed by atoms with E-state index >= 15 is 0 Å². The third kappa shape index (κ3) is 13.5. The van der Waals surface area contributed by atoms with E-state index in [9.17, 15) is 33.6 Å². The molecule has 22 heteroatoms. The Bertz CT molecular complexity index is 1880. The number of halogens is 3. The number of carbonyl (C=O) groups excluding carboxylic acids is 7. The Kier molecular flexibility index (Phi) is 17.0. The Balaban J connectivity index is 1.93. The van der Waals surface area contributed by atoms with Crippen LogP contribution >= 0.6 is 34.8 Å². The first kappa shape index (κ1) is 47.6. The maximum absolute atomic E-state index is 13.9. The van der Waals surface area contributed by atoms with Crippen molar-refractivity contribution in [1.29, 1.82) is 5.41 Å². The number of rotatable bonds is 14. The number of benzene rings is 2. The number of hydrogen-bond donors (Lipinski definition) is 2. The monoisotopic (exact) mass is 902 g/mol. The number of carbonyl (C=O) groups is 7. The van der Waals surface area contributed by atoms with Crippen LogP contribution in [0.2, 0.25) is 0 Å². The first-order valence-electron chi connectivity index (χ1n) is 17.9. The molecule has 326 valence electrons. The van der Waals surface area contributed by atoms with Crippen LogP contribution in [0.4, 0.5) is 0 Å². The molecule has 0 aromatic heterocycles. The van der Waals surface area contributed by atoms with Gasteiger partial charge in [-0.05, 0) is 24.3 Å². The summed E-state index contributed by atoms with van der Waals surface area (Å²) < 4.78 is 55.4. The molecule has 0 aliphatic carbocycles. The number of ether oxygens (including phenoxy) is 10. The zero-order valence-electron chi connectivity index (χ0n) is 32.5. The number of amides is 1. The average molecular weight is 904 g/mol. The summed E-state index contributed by atoms with van der Waals surface area (Å²) in [4.78, 5) is 89.4. The Labute approximate surface area is 357 Å². The molecule has 0 bridgehead atoms. The van der Waals surface area contributed by atoms with E-state index in [2.05, 4.69) is 5.32 Å². The van der Waals surface area contributed by atoms with Gasteiger partial charge in [0.25, 0.3) is 3.79 Å². The van der Waals surface area contributed by atoms with Gasteiger partial charge in [0.05, 0.1) is 11.1 Å².